The molecule has 0 radical (unpaired) electrons. The molecule has 0 aliphatic carbocycles. The molecular weight excluding hydrogens is 310 g/mol. The largest absolute Gasteiger partial charge is 0.0843 e. The van der Waals surface area contributed by atoms with E-state index in [1.54, 1.807) is 12.1 Å². The number of halogens is 4. The molecule has 2 rings (SSSR count). The maximum atomic E-state index is 6.18. The Bertz CT molecular complexity index is 591. The van der Waals surface area contributed by atoms with Gasteiger partial charge in [0.25, 0.3) is 0 Å². The second-order valence-electron chi connectivity index (χ2n) is 4.06. The SMILES string of the molecule is Cc1c(Cl)cc(Cl)cc1Cc1cccc(Cl)c1Cl. The fourth-order valence-corrected chi connectivity index (χ4v) is 2.70. The average Bonchev–Trinajstić information content (AvgIpc) is 2.31. The van der Waals surface area contributed by atoms with Crippen LogP contribution in [0.4, 0.5) is 0 Å². The monoisotopic (exact) mass is 318 g/mol. The minimum Gasteiger partial charge on any atom is -0.0843 e. The highest BCUT2D eigenvalue weighted by Crippen LogP contribution is 2.31. The van der Waals surface area contributed by atoms with Crippen LogP contribution in [0.1, 0.15) is 16.7 Å². The first-order valence-electron chi connectivity index (χ1n) is 5.36. The van der Waals surface area contributed by atoms with Crippen LogP contribution in [0.3, 0.4) is 0 Å². The number of hydrogen-bond donors (Lipinski definition) is 0. The molecule has 0 saturated heterocycles. The van der Waals surface area contributed by atoms with E-state index >= 15 is 0 Å². The second kappa shape index (κ2) is 5.71. The van der Waals surface area contributed by atoms with E-state index < -0.39 is 0 Å². The lowest BCUT2D eigenvalue weighted by atomic mass is 10.0. The molecule has 0 saturated carbocycles. The highest BCUT2D eigenvalue weighted by atomic mass is 35.5. The van der Waals surface area contributed by atoms with Crippen molar-refractivity contribution in [1.82, 2.24) is 0 Å². The second-order valence-corrected chi connectivity index (χ2v) is 5.69. The Morgan fingerprint density at radius 2 is 1.61 bits per heavy atom. The zero-order valence-electron chi connectivity index (χ0n) is 9.61. The van der Waals surface area contributed by atoms with Crippen molar-refractivity contribution in [3.8, 4) is 0 Å². The molecule has 2 aromatic rings. The standard InChI is InChI=1S/C14H10Cl4/c1-8-10(6-11(15)7-13(8)17)5-9-3-2-4-12(16)14(9)18/h2-4,6-7H,5H2,1H3. The van der Waals surface area contributed by atoms with Crippen molar-refractivity contribution in [2.75, 3.05) is 0 Å². The molecule has 0 aliphatic heterocycles. The van der Waals surface area contributed by atoms with E-state index in [0.717, 1.165) is 16.7 Å². The van der Waals surface area contributed by atoms with Gasteiger partial charge in [0.15, 0.2) is 0 Å². The van der Waals surface area contributed by atoms with Crippen LogP contribution in [0.15, 0.2) is 30.3 Å². The Hall–Kier alpha value is -0.400. The number of rotatable bonds is 2. The Balaban J connectivity index is 2.43. The van der Waals surface area contributed by atoms with Gasteiger partial charge in [-0.2, -0.15) is 0 Å². The van der Waals surface area contributed by atoms with Gasteiger partial charge >= 0.3 is 0 Å². The third kappa shape index (κ3) is 2.95. The van der Waals surface area contributed by atoms with Gasteiger partial charge < -0.3 is 0 Å². The van der Waals surface area contributed by atoms with Gasteiger partial charge in [0.1, 0.15) is 0 Å². The molecule has 0 aromatic heterocycles. The quantitative estimate of drug-likeness (QED) is 0.618. The van der Waals surface area contributed by atoms with E-state index in [9.17, 15) is 0 Å². The van der Waals surface area contributed by atoms with Crippen molar-refractivity contribution < 1.29 is 0 Å². The van der Waals surface area contributed by atoms with Gasteiger partial charge in [-0.15, -0.1) is 0 Å². The van der Waals surface area contributed by atoms with Crippen LogP contribution in [0, 0.1) is 6.92 Å². The molecule has 0 heterocycles. The highest BCUT2D eigenvalue weighted by molar-refractivity contribution is 6.42. The Labute approximate surface area is 126 Å². The minimum absolute atomic E-state index is 0.556. The third-order valence-electron chi connectivity index (χ3n) is 2.83. The van der Waals surface area contributed by atoms with Crippen LogP contribution in [0.5, 0.6) is 0 Å². The molecule has 94 valence electrons. The van der Waals surface area contributed by atoms with Crippen molar-refractivity contribution in [2.24, 2.45) is 0 Å². The lowest BCUT2D eigenvalue weighted by Crippen LogP contribution is -1.94. The van der Waals surface area contributed by atoms with Crippen LogP contribution < -0.4 is 0 Å². The molecule has 2 aromatic carbocycles. The molecule has 0 N–H and O–H groups in total. The first kappa shape index (κ1) is 14.0. The van der Waals surface area contributed by atoms with Gasteiger partial charge in [-0.05, 0) is 48.2 Å². The highest BCUT2D eigenvalue weighted by Gasteiger charge is 2.09. The summed E-state index contributed by atoms with van der Waals surface area (Å²) in [4.78, 5) is 0. The van der Waals surface area contributed by atoms with E-state index in [1.807, 2.05) is 25.1 Å². The fourth-order valence-electron chi connectivity index (χ4n) is 1.77. The molecule has 4 heteroatoms. The van der Waals surface area contributed by atoms with E-state index in [2.05, 4.69) is 0 Å². The van der Waals surface area contributed by atoms with Gasteiger partial charge in [-0.1, -0.05) is 58.5 Å². The van der Waals surface area contributed by atoms with Gasteiger partial charge in [0.05, 0.1) is 10.0 Å². The lowest BCUT2D eigenvalue weighted by molar-refractivity contribution is 1.16. The summed E-state index contributed by atoms with van der Waals surface area (Å²) in [6.45, 7) is 1.96. The molecule has 0 spiro atoms. The van der Waals surface area contributed by atoms with E-state index in [-0.39, 0.29) is 0 Å². The Kier molecular flexibility index (Phi) is 4.45. The maximum absolute atomic E-state index is 6.18. The van der Waals surface area contributed by atoms with Crippen LogP contribution in [-0.4, -0.2) is 0 Å². The molecule has 0 aliphatic rings. The van der Waals surface area contributed by atoms with Gasteiger partial charge in [-0.3, -0.25) is 0 Å². The Morgan fingerprint density at radius 1 is 0.889 bits per heavy atom. The first-order valence-corrected chi connectivity index (χ1v) is 6.87. The van der Waals surface area contributed by atoms with Crippen molar-refractivity contribution in [3.05, 3.63) is 67.1 Å². The smallest absolute Gasteiger partial charge is 0.0627 e. The average molecular weight is 320 g/mol. The normalized spacial score (nSPS) is 10.7. The number of benzene rings is 2. The van der Waals surface area contributed by atoms with Crippen LogP contribution >= 0.6 is 46.4 Å². The molecule has 0 atom stereocenters. The Morgan fingerprint density at radius 3 is 2.33 bits per heavy atom. The minimum atomic E-state index is 0.556. The molecule has 18 heavy (non-hydrogen) atoms. The maximum Gasteiger partial charge on any atom is 0.0627 e. The van der Waals surface area contributed by atoms with Gasteiger partial charge in [0.2, 0.25) is 0 Å². The molecular formula is C14H10Cl4. The van der Waals surface area contributed by atoms with Crippen LogP contribution in [-0.2, 0) is 6.42 Å². The molecule has 0 unspecified atom stereocenters. The predicted octanol–water partition coefficient (Wildman–Crippen LogP) is 6.20. The fraction of sp³-hybridized carbons (Fsp3) is 0.143. The first-order chi connectivity index (χ1) is 8.49. The zero-order valence-corrected chi connectivity index (χ0v) is 12.6. The predicted molar refractivity (Wildman–Crippen MR) is 80.5 cm³/mol. The summed E-state index contributed by atoms with van der Waals surface area (Å²) in [6, 6.07) is 9.24. The topological polar surface area (TPSA) is 0 Å². The van der Waals surface area contributed by atoms with E-state index in [4.69, 9.17) is 46.4 Å². The summed E-state index contributed by atoms with van der Waals surface area (Å²) < 4.78 is 0. The molecule has 0 bridgehead atoms. The van der Waals surface area contributed by atoms with Crippen molar-refractivity contribution in [2.45, 2.75) is 13.3 Å². The lowest BCUT2D eigenvalue weighted by Gasteiger charge is -2.10. The summed E-state index contributed by atoms with van der Waals surface area (Å²) in [6.07, 6.45) is 0.658. The van der Waals surface area contributed by atoms with Crippen LogP contribution in [0.2, 0.25) is 20.1 Å². The van der Waals surface area contributed by atoms with Crippen molar-refractivity contribution in [1.29, 1.82) is 0 Å². The summed E-state index contributed by atoms with van der Waals surface area (Å²) in [7, 11) is 0. The summed E-state index contributed by atoms with van der Waals surface area (Å²) in [5.41, 5.74) is 3.03. The summed E-state index contributed by atoms with van der Waals surface area (Å²) in [5.74, 6) is 0. The van der Waals surface area contributed by atoms with Gasteiger partial charge in [0, 0.05) is 10.0 Å². The molecule has 0 amide bonds. The summed E-state index contributed by atoms with van der Waals surface area (Å²) >= 11 is 24.3. The van der Waals surface area contributed by atoms with Crippen LogP contribution in [0.25, 0.3) is 0 Å². The third-order valence-corrected chi connectivity index (χ3v) is 4.30. The molecule has 0 fully saturated rings. The zero-order chi connectivity index (χ0) is 13.3. The van der Waals surface area contributed by atoms with Gasteiger partial charge in [-0.25, -0.2) is 0 Å². The number of hydrogen-bond acceptors (Lipinski definition) is 0. The van der Waals surface area contributed by atoms with Crippen molar-refractivity contribution >= 4 is 46.4 Å². The molecule has 0 nitrogen and oxygen atoms in total. The summed E-state index contributed by atoms with van der Waals surface area (Å²) in [5, 5.41) is 2.42. The van der Waals surface area contributed by atoms with Crippen molar-refractivity contribution in [3.63, 3.8) is 0 Å². The van der Waals surface area contributed by atoms with E-state index in [1.165, 1.54) is 0 Å². The van der Waals surface area contributed by atoms with E-state index in [0.29, 0.717) is 26.5 Å².